The monoisotopic (exact) mass is 777 g/mol. The van der Waals surface area contributed by atoms with Crippen LogP contribution >= 0.6 is 0 Å². The molecule has 0 saturated carbocycles. The van der Waals surface area contributed by atoms with Crippen LogP contribution in [0.1, 0.15) is 33.4 Å². The van der Waals surface area contributed by atoms with Crippen LogP contribution < -0.4 is 0 Å². The van der Waals surface area contributed by atoms with Crippen LogP contribution in [0.2, 0.25) is 0 Å². The molecule has 9 aromatic rings. The summed E-state index contributed by atoms with van der Waals surface area (Å²) in [6.45, 7) is 16.0. The van der Waals surface area contributed by atoms with E-state index in [4.69, 9.17) is 6.57 Å². The lowest BCUT2D eigenvalue weighted by Gasteiger charge is -2.21. The molecular formula is C49H33F6N3. The van der Waals surface area contributed by atoms with Crippen LogP contribution in [-0.4, -0.2) is 9.13 Å². The third kappa shape index (κ3) is 6.08. The number of alkyl halides is 6. The number of hydrogen-bond donors (Lipinski definition) is 0. The van der Waals surface area contributed by atoms with Crippen molar-refractivity contribution in [1.29, 1.82) is 0 Å². The summed E-state index contributed by atoms with van der Waals surface area (Å²) in [5.74, 6) is 0. The lowest BCUT2D eigenvalue weighted by Crippen LogP contribution is -2.11. The average Bonchev–Trinajstić information content (AvgIpc) is 3.66. The molecule has 58 heavy (non-hydrogen) atoms. The Morgan fingerprint density at radius 2 is 0.793 bits per heavy atom. The smallest absolute Gasteiger partial charge is 0.310 e. The van der Waals surface area contributed by atoms with E-state index in [1.165, 1.54) is 0 Å². The summed E-state index contributed by atoms with van der Waals surface area (Å²) in [6.07, 6.45) is -10.0. The highest BCUT2D eigenvalue weighted by atomic mass is 19.4. The Morgan fingerprint density at radius 1 is 0.414 bits per heavy atom. The molecule has 2 heterocycles. The van der Waals surface area contributed by atoms with Crippen LogP contribution in [-0.2, 0) is 12.4 Å². The van der Waals surface area contributed by atoms with Gasteiger partial charge in [-0.15, -0.1) is 0 Å². The van der Waals surface area contributed by atoms with Gasteiger partial charge in [0, 0.05) is 38.4 Å². The largest absolute Gasteiger partial charge is 0.416 e. The molecule has 9 rings (SSSR count). The van der Waals surface area contributed by atoms with Crippen molar-refractivity contribution in [3.05, 3.63) is 172 Å². The second-order valence-electron chi connectivity index (χ2n) is 15.1. The van der Waals surface area contributed by atoms with Gasteiger partial charge in [0.05, 0.1) is 45.5 Å². The Kier molecular flexibility index (Phi) is 8.34. The van der Waals surface area contributed by atoms with Crippen LogP contribution in [0.4, 0.5) is 32.0 Å². The maximum atomic E-state index is 14.2. The van der Waals surface area contributed by atoms with E-state index in [0.29, 0.717) is 28.2 Å². The summed E-state index contributed by atoms with van der Waals surface area (Å²) in [5, 5.41) is 3.92. The van der Waals surface area contributed by atoms with E-state index in [1.807, 2.05) is 76.2 Å². The number of halogens is 6. The Balaban J connectivity index is 1.43. The fraction of sp³-hybridized carbons (Fsp3) is 0.122. The van der Waals surface area contributed by atoms with E-state index < -0.39 is 23.5 Å². The Morgan fingerprint density at radius 3 is 1.17 bits per heavy atom. The summed E-state index contributed by atoms with van der Waals surface area (Å²) in [7, 11) is 0. The van der Waals surface area contributed by atoms with Crippen molar-refractivity contribution >= 4 is 49.3 Å². The normalized spacial score (nSPS) is 12.3. The highest BCUT2D eigenvalue weighted by molar-refractivity contribution is 6.12. The average molecular weight is 778 g/mol. The fourth-order valence-corrected chi connectivity index (χ4v) is 8.24. The van der Waals surface area contributed by atoms with E-state index in [-0.39, 0.29) is 17.2 Å². The van der Waals surface area contributed by atoms with E-state index in [9.17, 15) is 26.3 Å². The van der Waals surface area contributed by atoms with Gasteiger partial charge >= 0.3 is 12.4 Å². The van der Waals surface area contributed by atoms with Crippen LogP contribution in [0.3, 0.4) is 0 Å². The third-order valence-electron chi connectivity index (χ3n) is 11.0. The predicted octanol–water partition coefficient (Wildman–Crippen LogP) is 15.0. The van der Waals surface area contributed by atoms with Gasteiger partial charge in [0.2, 0.25) is 0 Å². The summed E-state index contributed by atoms with van der Waals surface area (Å²) in [6, 6.07) is 36.8. The topological polar surface area (TPSA) is 14.2 Å². The molecule has 0 bridgehead atoms. The van der Waals surface area contributed by atoms with Crippen molar-refractivity contribution in [2.75, 3.05) is 0 Å². The number of aryl methyl sites for hydroxylation is 4. The minimum absolute atomic E-state index is 0.150. The molecule has 0 fully saturated rings. The number of benzene rings is 7. The van der Waals surface area contributed by atoms with E-state index in [0.717, 1.165) is 78.0 Å². The van der Waals surface area contributed by atoms with Crippen molar-refractivity contribution in [2.24, 2.45) is 0 Å². The lowest BCUT2D eigenvalue weighted by molar-refractivity contribution is -0.143. The molecule has 0 aliphatic heterocycles. The van der Waals surface area contributed by atoms with E-state index in [1.54, 1.807) is 24.3 Å². The zero-order chi connectivity index (χ0) is 40.8. The van der Waals surface area contributed by atoms with Crippen LogP contribution in [0.25, 0.3) is 82.1 Å². The summed E-state index contributed by atoms with van der Waals surface area (Å²) in [5.41, 5.74) is 7.70. The van der Waals surface area contributed by atoms with Crippen LogP contribution in [0.5, 0.6) is 0 Å². The minimum atomic E-state index is -5.01. The number of fused-ring (bicyclic) bond motifs is 6. The maximum Gasteiger partial charge on any atom is 0.416 e. The zero-order valence-corrected chi connectivity index (χ0v) is 31.7. The number of hydrogen-bond acceptors (Lipinski definition) is 0. The van der Waals surface area contributed by atoms with E-state index >= 15 is 0 Å². The molecule has 0 amide bonds. The molecule has 7 aromatic carbocycles. The predicted molar refractivity (Wildman–Crippen MR) is 221 cm³/mol. The molecule has 0 aliphatic rings. The van der Waals surface area contributed by atoms with Crippen molar-refractivity contribution in [1.82, 2.24) is 9.13 Å². The van der Waals surface area contributed by atoms with Gasteiger partial charge in [0.1, 0.15) is 0 Å². The van der Waals surface area contributed by atoms with Crippen molar-refractivity contribution < 1.29 is 26.3 Å². The summed E-state index contributed by atoms with van der Waals surface area (Å²) in [4.78, 5) is 3.80. The third-order valence-corrected chi connectivity index (χ3v) is 11.0. The first kappa shape index (κ1) is 36.8. The Bertz CT molecular complexity index is 3060. The van der Waals surface area contributed by atoms with Gasteiger partial charge in [-0.25, -0.2) is 4.85 Å². The van der Waals surface area contributed by atoms with Crippen molar-refractivity contribution in [2.45, 2.75) is 40.0 Å². The highest BCUT2D eigenvalue weighted by Gasteiger charge is 2.37. The van der Waals surface area contributed by atoms with Gasteiger partial charge in [-0.2, -0.15) is 26.3 Å². The Hall–Kier alpha value is -6.79. The van der Waals surface area contributed by atoms with Gasteiger partial charge in [-0.3, -0.25) is 0 Å². The first-order chi connectivity index (χ1) is 27.6. The fourth-order valence-electron chi connectivity index (χ4n) is 8.24. The highest BCUT2D eigenvalue weighted by Crippen LogP contribution is 2.45. The second kappa shape index (κ2) is 13.1. The molecule has 0 unspecified atom stereocenters. The molecule has 0 atom stereocenters. The second-order valence-corrected chi connectivity index (χ2v) is 15.1. The number of aromatic nitrogens is 2. The summed E-state index contributed by atoms with van der Waals surface area (Å²) < 4.78 is 89.3. The van der Waals surface area contributed by atoms with Gasteiger partial charge in [0.25, 0.3) is 0 Å². The molecule has 3 nitrogen and oxygen atoms in total. The van der Waals surface area contributed by atoms with Gasteiger partial charge in [-0.05, 0) is 116 Å². The quantitative estimate of drug-likeness (QED) is 0.125. The van der Waals surface area contributed by atoms with Crippen molar-refractivity contribution in [3.8, 4) is 33.6 Å². The minimum Gasteiger partial charge on any atom is -0.310 e. The standard InChI is InChI=1S/C49H33F6N3/c1-27-6-12-36-37-13-7-28(2)19-43(37)57(42(36)18-27)46-24-31(32-22-33(48(50,51)52)25-34(23-32)49(53,54)55)10-16-40(46)41-17-11-35(56-5)26-47(41)58-44-20-29(3)8-14-38(44)39-15-9-30(4)21-45(39)58/h6-26H,1-4H3. The molecule has 0 radical (unpaired) electrons. The maximum absolute atomic E-state index is 14.2. The van der Waals surface area contributed by atoms with Gasteiger partial charge in [-0.1, -0.05) is 72.8 Å². The molecule has 0 aliphatic carbocycles. The summed E-state index contributed by atoms with van der Waals surface area (Å²) >= 11 is 0. The van der Waals surface area contributed by atoms with Crippen LogP contribution in [0.15, 0.2) is 127 Å². The molecule has 0 N–H and O–H groups in total. The van der Waals surface area contributed by atoms with Crippen LogP contribution in [0, 0.1) is 34.3 Å². The Labute approximate surface area is 329 Å². The first-order valence-corrected chi connectivity index (χ1v) is 18.6. The van der Waals surface area contributed by atoms with Crippen molar-refractivity contribution in [3.63, 3.8) is 0 Å². The molecule has 286 valence electrons. The molecule has 0 spiro atoms. The van der Waals surface area contributed by atoms with E-state index in [2.05, 4.69) is 50.4 Å². The molecule has 2 aromatic heterocycles. The first-order valence-electron chi connectivity index (χ1n) is 18.6. The SMILES string of the molecule is [C-]#[N+]c1ccc(-c2ccc(-c3cc(C(F)(F)F)cc(C(F)(F)F)c3)cc2-n2c3cc(C)ccc3c3ccc(C)cc32)c(-n2c3cc(C)ccc3c3ccc(C)cc32)c1. The van der Waals surface area contributed by atoms with Gasteiger partial charge < -0.3 is 9.13 Å². The van der Waals surface area contributed by atoms with Gasteiger partial charge in [0.15, 0.2) is 5.69 Å². The molecular weight excluding hydrogens is 745 g/mol. The zero-order valence-electron chi connectivity index (χ0n) is 31.7. The number of rotatable bonds is 4. The molecule has 9 heteroatoms. The molecule has 0 saturated heterocycles. The number of nitrogens with zero attached hydrogens (tertiary/aromatic N) is 3. The lowest BCUT2D eigenvalue weighted by atomic mass is 9.94.